The van der Waals surface area contributed by atoms with Crippen molar-refractivity contribution in [1.82, 2.24) is 4.90 Å². The Balaban J connectivity index is 2.10. The van der Waals surface area contributed by atoms with Gasteiger partial charge in [-0.3, -0.25) is 4.79 Å². The van der Waals surface area contributed by atoms with E-state index in [1.54, 1.807) is 6.92 Å². The van der Waals surface area contributed by atoms with E-state index in [9.17, 15) is 9.90 Å². The van der Waals surface area contributed by atoms with Crippen LogP contribution in [0.25, 0.3) is 0 Å². The summed E-state index contributed by atoms with van der Waals surface area (Å²) < 4.78 is 0. The molecule has 0 aromatic heterocycles. The third kappa shape index (κ3) is 3.11. The summed E-state index contributed by atoms with van der Waals surface area (Å²) in [6.07, 6.45) is 0.324. The van der Waals surface area contributed by atoms with Gasteiger partial charge in [0.05, 0.1) is 11.9 Å². The van der Waals surface area contributed by atoms with Gasteiger partial charge in [0.1, 0.15) is 5.72 Å². The molecular weight excluding hydrogens is 262 g/mol. The quantitative estimate of drug-likeness (QED) is 0.852. The minimum Gasteiger partial charge on any atom is -0.396 e. The molecule has 19 heavy (non-hydrogen) atoms. The molecular formula is C14H19NO3S. The summed E-state index contributed by atoms with van der Waals surface area (Å²) in [5, 5.41) is 19.3. The van der Waals surface area contributed by atoms with Gasteiger partial charge in [-0.2, -0.15) is 11.8 Å². The summed E-state index contributed by atoms with van der Waals surface area (Å²) in [6.45, 7) is 2.16. The van der Waals surface area contributed by atoms with Crippen molar-refractivity contribution < 1.29 is 15.0 Å². The SMILES string of the molecule is C[C@]1(O)[C@@H](SCCO)CC(=O)N1Cc1ccccc1. The molecule has 1 aliphatic rings. The average molecular weight is 281 g/mol. The molecule has 1 heterocycles. The molecule has 4 nitrogen and oxygen atoms in total. The van der Waals surface area contributed by atoms with E-state index >= 15 is 0 Å². The van der Waals surface area contributed by atoms with Crippen molar-refractivity contribution in [3.63, 3.8) is 0 Å². The first kappa shape index (κ1) is 14.4. The maximum absolute atomic E-state index is 12.1. The molecule has 1 saturated heterocycles. The number of thioether (sulfide) groups is 1. The van der Waals surface area contributed by atoms with Gasteiger partial charge in [-0.05, 0) is 12.5 Å². The van der Waals surface area contributed by atoms with Crippen molar-refractivity contribution in [2.24, 2.45) is 0 Å². The van der Waals surface area contributed by atoms with Crippen LogP contribution in [0.5, 0.6) is 0 Å². The molecule has 0 spiro atoms. The van der Waals surface area contributed by atoms with E-state index in [1.807, 2.05) is 30.3 Å². The van der Waals surface area contributed by atoms with Crippen LogP contribution in [0.15, 0.2) is 30.3 Å². The van der Waals surface area contributed by atoms with Crippen LogP contribution >= 0.6 is 11.8 Å². The van der Waals surface area contributed by atoms with Crippen LogP contribution in [-0.2, 0) is 11.3 Å². The molecule has 1 aliphatic heterocycles. The highest BCUT2D eigenvalue weighted by molar-refractivity contribution is 8.00. The van der Waals surface area contributed by atoms with Crippen LogP contribution in [0.3, 0.4) is 0 Å². The fraction of sp³-hybridized carbons (Fsp3) is 0.500. The van der Waals surface area contributed by atoms with Crippen molar-refractivity contribution in [2.45, 2.75) is 30.9 Å². The van der Waals surface area contributed by atoms with Crippen LogP contribution in [0.4, 0.5) is 0 Å². The number of hydrogen-bond acceptors (Lipinski definition) is 4. The molecule has 2 atom stereocenters. The molecule has 1 aromatic rings. The first-order valence-corrected chi connectivity index (χ1v) is 7.40. The fourth-order valence-electron chi connectivity index (χ4n) is 2.31. The van der Waals surface area contributed by atoms with Gasteiger partial charge in [-0.25, -0.2) is 0 Å². The summed E-state index contributed by atoms with van der Waals surface area (Å²) in [5.41, 5.74) is -0.156. The molecule has 104 valence electrons. The van der Waals surface area contributed by atoms with Gasteiger partial charge in [-0.1, -0.05) is 30.3 Å². The van der Waals surface area contributed by atoms with Crippen LogP contribution < -0.4 is 0 Å². The van der Waals surface area contributed by atoms with Gasteiger partial charge >= 0.3 is 0 Å². The molecule has 2 N–H and O–H groups in total. The lowest BCUT2D eigenvalue weighted by Gasteiger charge is -2.34. The molecule has 0 unspecified atom stereocenters. The van der Waals surface area contributed by atoms with Crippen LogP contribution in [0, 0.1) is 0 Å². The van der Waals surface area contributed by atoms with E-state index in [-0.39, 0.29) is 17.8 Å². The van der Waals surface area contributed by atoms with Gasteiger partial charge in [0.25, 0.3) is 0 Å². The number of carbonyl (C=O) groups excluding carboxylic acids is 1. The Morgan fingerprint density at radius 2 is 2.11 bits per heavy atom. The van der Waals surface area contributed by atoms with E-state index in [2.05, 4.69) is 0 Å². The largest absolute Gasteiger partial charge is 0.396 e. The van der Waals surface area contributed by atoms with E-state index in [0.29, 0.717) is 18.7 Å². The van der Waals surface area contributed by atoms with Crippen molar-refractivity contribution >= 4 is 17.7 Å². The van der Waals surface area contributed by atoms with E-state index < -0.39 is 5.72 Å². The Morgan fingerprint density at radius 1 is 1.42 bits per heavy atom. The van der Waals surface area contributed by atoms with Crippen LogP contribution in [-0.4, -0.2) is 44.4 Å². The second-order valence-electron chi connectivity index (χ2n) is 4.85. The van der Waals surface area contributed by atoms with E-state index in [1.165, 1.54) is 16.7 Å². The molecule has 0 radical (unpaired) electrons. The zero-order chi connectivity index (χ0) is 13.9. The number of aliphatic hydroxyl groups is 2. The predicted octanol–water partition coefficient (Wildman–Crippen LogP) is 1.22. The van der Waals surface area contributed by atoms with Gasteiger partial charge in [0.2, 0.25) is 5.91 Å². The maximum atomic E-state index is 12.1. The fourth-order valence-corrected chi connectivity index (χ4v) is 3.41. The van der Waals surface area contributed by atoms with E-state index in [4.69, 9.17) is 5.11 Å². The van der Waals surface area contributed by atoms with Crippen molar-refractivity contribution in [3.05, 3.63) is 35.9 Å². The zero-order valence-electron chi connectivity index (χ0n) is 11.0. The van der Waals surface area contributed by atoms with Crippen molar-refractivity contribution in [3.8, 4) is 0 Å². The second kappa shape index (κ2) is 5.94. The topological polar surface area (TPSA) is 60.8 Å². The number of rotatable bonds is 5. The van der Waals surface area contributed by atoms with Gasteiger partial charge < -0.3 is 15.1 Å². The number of likely N-dealkylation sites (tertiary alicyclic amines) is 1. The van der Waals surface area contributed by atoms with Crippen molar-refractivity contribution in [1.29, 1.82) is 0 Å². The Morgan fingerprint density at radius 3 is 2.74 bits per heavy atom. The third-order valence-electron chi connectivity index (χ3n) is 3.41. The molecule has 1 aromatic carbocycles. The Hall–Kier alpha value is -1.04. The summed E-state index contributed by atoms with van der Waals surface area (Å²) in [6, 6.07) is 9.65. The lowest BCUT2D eigenvalue weighted by atomic mass is 10.1. The van der Waals surface area contributed by atoms with Gasteiger partial charge in [0.15, 0.2) is 0 Å². The highest BCUT2D eigenvalue weighted by Gasteiger charge is 2.48. The number of nitrogens with zero attached hydrogens (tertiary/aromatic N) is 1. The van der Waals surface area contributed by atoms with E-state index in [0.717, 1.165) is 5.56 Å². The lowest BCUT2D eigenvalue weighted by Crippen LogP contribution is -2.47. The molecule has 5 heteroatoms. The summed E-state index contributed by atoms with van der Waals surface area (Å²) in [5.74, 6) is 0.497. The maximum Gasteiger partial charge on any atom is 0.226 e. The average Bonchev–Trinajstić information content (AvgIpc) is 2.61. The second-order valence-corrected chi connectivity index (χ2v) is 6.16. The minimum atomic E-state index is -1.16. The van der Waals surface area contributed by atoms with Crippen molar-refractivity contribution in [2.75, 3.05) is 12.4 Å². The molecule has 0 saturated carbocycles. The highest BCUT2D eigenvalue weighted by Crippen LogP contribution is 2.37. The Bertz CT molecular complexity index is 436. The molecule has 1 amide bonds. The van der Waals surface area contributed by atoms with Gasteiger partial charge in [-0.15, -0.1) is 0 Å². The lowest BCUT2D eigenvalue weighted by molar-refractivity contribution is -0.143. The highest BCUT2D eigenvalue weighted by atomic mass is 32.2. The van der Waals surface area contributed by atoms with Gasteiger partial charge in [0, 0.05) is 18.7 Å². The summed E-state index contributed by atoms with van der Waals surface area (Å²) in [4.78, 5) is 13.6. The number of aliphatic hydroxyl groups excluding tert-OH is 1. The summed E-state index contributed by atoms with van der Waals surface area (Å²) in [7, 11) is 0. The number of benzene rings is 1. The molecule has 2 rings (SSSR count). The first-order chi connectivity index (χ1) is 9.05. The Kier molecular flexibility index (Phi) is 4.50. The smallest absolute Gasteiger partial charge is 0.226 e. The first-order valence-electron chi connectivity index (χ1n) is 6.35. The Labute approximate surface area is 117 Å². The number of hydrogen-bond donors (Lipinski definition) is 2. The molecule has 0 aliphatic carbocycles. The number of amides is 1. The standard InChI is InChI=1S/C14H19NO3S/c1-14(18)12(19-8-7-16)9-13(17)15(14)10-11-5-3-2-4-6-11/h2-6,12,16,18H,7-10H2,1H3/t12-,14-/m0/s1. The van der Waals surface area contributed by atoms with Crippen LogP contribution in [0.1, 0.15) is 18.9 Å². The number of carbonyl (C=O) groups is 1. The van der Waals surface area contributed by atoms with Crippen LogP contribution in [0.2, 0.25) is 0 Å². The molecule has 0 bridgehead atoms. The molecule has 1 fully saturated rings. The summed E-state index contributed by atoms with van der Waals surface area (Å²) >= 11 is 1.45. The minimum absolute atomic E-state index is 0.0377. The monoisotopic (exact) mass is 281 g/mol. The third-order valence-corrected chi connectivity index (χ3v) is 4.85. The zero-order valence-corrected chi connectivity index (χ0v) is 11.8. The predicted molar refractivity (Wildman–Crippen MR) is 75.6 cm³/mol. The normalized spacial score (nSPS) is 27.0.